The number of aliphatic hydroxyl groups excluding tert-OH is 1. The summed E-state index contributed by atoms with van der Waals surface area (Å²) >= 11 is 5.87. The second-order valence-electron chi connectivity index (χ2n) is 5.90. The van der Waals surface area contributed by atoms with Gasteiger partial charge in [0.15, 0.2) is 18.2 Å². The van der Waals surface area contributed by atoms with Gasteiger partial charge < -0.3 is 19.6 Å². The van der Waals surface area contributed by atoms with Crippen molar-refractivity contribution in [1.82, 2.24) is 9.97 Å². The number of para-hydroxylation sites is 2. The normalized spacial score (nSPS) is 11.6. The summed E-state index contributed by atoms with van der Waals surface area (Å²) in [5.41, 5.74) is 2.06. The Kier molecular flexibility index (Phi) is 5.82. The largest absolute Gasteiger partial charge is 0.507 e. The number of nitrogens with one attached hydrogen (secondary N) is 1. The Labute approximate surface area is 165 Å². The number of aromatic nitrogens is 2. The topological polar surface area (TPSA) is 108 Å². The molecule has 0 saturated carbocycles. The molecule has 2 N–H and O–H groups in total. The van der Waals surface area contributed by atoms with Gasteiger partial charge in [0, 0.05) is 5.02 Å². The van der Waals surface area contributed by atoms with Crippen molar-refractivity contribution in [3.63, 3.8) is 0 Å². The minimum Gasteiger partial charge on any atom is -0.507 e. The van der Waals surface area contributed by atoms with Gasteiger partial charge in [-0.15, -0.1) is 0 Å². The number of hydrogen-bond donors (Lipinski definition) is 2. The maximum atomic E-state index is 11.9. The van der Waals surface area contributed by atoms with Crippen LogP contribution in [0.2, 0.25) is 5.02 Å². The number of hydrogen-bond acceptors (Lipinski definition) is 6. The van der Waals surface area contributed by atoms with Crippen molar-refractivity contribution >= 4 is 34.2 Å². The van der Waals surface area contributed by atoms with Gasteiger partial charge in [-0.3, -0.25) is 0 Å². The Morgan fingerprint density at radius 2 is 2.07 bits per heavy atom. The molecular weight excluding hydrogens is 382 g/mol. The molecule has 0 spiro atoms. The minimum absolute atomic E-state index is 0.0986. The number of aliphatic hydroxyl groups is 1. The Morgan fingerprint density at radius 3 is 2.79 bits per heavy atom. The zero-order chi connectivity index (χ0) is 20.1. The average molecular weight is 398 g/mol. The molecule has 0 aliphatic carbocycles. The van der Waals surface area contributed by atoms with E-state index in [1.165, 1.54) is 0 Å². The Balaban J connectivity index is 1.63. The van der Waals surface area contributed by atoms with Crippen molar-refractivity contribution < 1.29 is 19.4 Å². The van der Waals surface area contributed by atoms with Crippen LogP contribution in [-0.2, 0) is 9.53 Å². The monoisotopic (exact) mass is 397 g/mol. The summed E-state index contributed by atoms with van der Waals surface area (Å²) in [6.45, 7) is 0.984. The van der Waals surface area contributed by atoms with Gasteiger partial charge in [0.1, 0.15) is 24.0 Å². The first-order valence-electron chi connectivity index (χ1n) is 8.30. The fourth-order valence-corrected chi connectivity index (χ4v) is 2.73. The summed E-state index contributed by atoms with van der Waals surface area (Å²) in [7, 11) is 0. The van der Waals surface area contributed by atoms with Crippen LogP contribution in [0.15, 0.2) is 48.2 Å². The van der Waals surface area contributed by atoms with Crippen molar-refractivity contribution in [2.75, 3.05) is 13.2 Å². The van der Waals surface area contributed by atoms with Crippen LogP contribution in [0.3, 0.4) is 0 Å². The van der Waals surface area contributed by atoms with Crippen molar-refractivity contribution in [3.8, 4) is 11.8 Å². The summed E-state index contributed by atoms with van der Waals surface area (Å²) < 4.78 is 10.4. The highest BCUT2D eigenvalue weighted by Crippen LogP contribution is 2.22. The zero-order valence-electron chi connectivity index (χ0n) is 14.9. The minimum atomic E-state index is -0.692. The summed E-state index contributed by atoms with van der Waals surface area (Å²) in [6, 6.07) is 14.1. The van der Waals surface area contributed by atoms with Crippen LogP contribution in [0, 0.1) is 18.3 Å². The highest BCUT2D eigenvalue weighted by molar-refractivity contribution is 6.30. The van der Waals surface area contributed by atoms with Crippen LogP contribution < -0.4 is 4.74 Å². The molecule has 0 amide bonds. The predicted molar refractivity (Wildman–Crippen MR) is 104 cm³/mol. The molecule has 0 saturated heterocycles. The molecule has 0 atom stereocenters. The molecule has 0 aliphatic heterocycles. The number of esters is 1. The highest BCUT2D eigenvalue weighted by Gasteiger charge is 2.15. The number of halogens is 1. The van der Waals surface area contributed by atoms with Gasteiger partial charge in [-0.2, -0.15) is 5.26 Å². The third-order valence-electron chi connectivity index (χ3n) is 3.88. The van der Waals surface area contributed by atoms with Gasteiger partial charge in [0.25, 0.3) is 0 Å². The lowest BCUT2D eigenvalue weighted by atomic mass is 10.2. The van der Waals surface area contributed by atoms with Crippen LogP contribution in [0.4, 0.5) is 0 Å². The van der Waals surface area contributed by atoms with Crippen molar-refractivity contribution in [1.29, 1.82) is 5.26 Å². The van der Waals surface area contributed by atoms with Crippen molar-refractivity contribution in [3.05, 3.63) is 64.6 Å². The maximum absolute atomic E-state index is 11.9. The van der Waals surface area contributed by atoms with Crippen LogP contribution in [0.5, 0.6) is 5.75 Å². The Hall–Kier alpha value is -3.50. The molecule has 0 bridgehead atoms. The van der Waals surface area contributed by atoms with Crippen LogP contribution in [0.25, 0.3) is 16.6 Å². The number of nitrogens with zero attached hydrogens (tertiary/aromatic N) is 2. The van der Waals surface area contributed by atoms with Crippen molar-refractivity contribution in [2.45, 2.75) is 6.92 Å². The maximum Gasteiger partial charge on any atom is 0.344 e. The number of rotatable bonds is 6. The lowest BCUT2D eigenvalue weighted by molar-refractivity contribution is -0.145. The van der Waals surface area contributed by atoms with E-state index in [9.17, 15) is 15.2 Å². The van der Waals surface area contributed by atoms with E-state index in [1.54, 1.807) is 37.3 Å². The summed E-state index contributed by atoms with van der Waals surface area (Å²) in [6.07, 6.45) is 0. The molecule has 3 aromatic rings. The lowest BCUT2D eigenvalue weighted by Crippen LogP contribution is -2.17. The van der Waals surface area contributed by atoms with E-state index >= 15 is 0 Å². The molecule has 1 heterocycles. The second kappa shape index (κ2) is 8.46. The molecule has 2 aromatic carbocycles. The van der Waals surface area contributed by atoms with Gasteiger partial charge in [0.05, 0.1) is 11.0 Å². The molecule has 1 aromatic heterocycles. The van der Waals surface area contributed by atoms with Crippen LogP contribution >= 0.6 is 11.6 Å². The Bertz CT molecular complexity index is 1070. The summed E-state index contributed by atoms with van der Waals surface area (Å²) in [4.78, 5) is 19.1. The van der Waals surface area contributed by atoms with E-state index in [4.69, 9.17) is 21.1 Å². The number of aromatic amines is 1. The number of fused-ring (bicyclic) bond motifs is 1. The highest BCUT2D eigenvalue weighted by atomic mass is 35.5. The number of ether oxygens (including phenoxy) is 2. The summed E-state index contributed by atoms with van der Waals surface area (Å²) in [5, 5.41) is 20.1. The first-order chi connectivity index (χ1) is 13.5. The second-order valence-corrected chi connectivity index (χ2v) is 6.33. The zero-order valence-corrected chi connectivity index (χ0v) is 15.7. The SMILES string of the molecule is Cc1cc(Cl)ccc1OCC(=O)OC/C(O)=C(\C#N)c1nc2ccccc2[nH]1. The molecular formula is C20H16ClN3O4. The fraction of sp³-hybridized carbons (Fsp3) is 0.150. The van der Waals surface area contributed by atoms with Crippen molar-refractivity contribution in [2.24, 2.45) is 0 Å². The van der Waals surface area contributed by atoms with Crippen LogP contribution in [0.1, 0.15) is 11.4 Å². The number of allylic oxidation sites excluding steroid dienone is 1. The molecule has 7 nitrogen and oxygen atoms in total. The van der Waals surface area contributed by atoms with E-state index in [-0.39, 0.29) is 18.0 Å². The number of carbonyl (C=O) groups excluding carboxylic acids is 1. The Morgan fingerprint density at radius 1 is 1.29 bits per heavy atom. The molecule has 0 aliphatic rings. The molecule has 0 fully saturated rings. The molecule has 3 rings (SSSR count). The van der Waals surface area contributed by atoms with E-state index < -0.39 is 18.3 Å². The number of H-pyrrole nitrogens is 1. The average Bonchev–Trinajstić information content (AvgIpc) is 3.10. The molecule has 8 heteroatoms. The molecule has 28 heavy (non-hydrogen) atoms. The number of benzene rings is 2. The van der Waals surface area contributed by atoms with Gasteiger partial charge in [0.2, 0.25) is 0 Å². The first kappa shape index (κ1) is 19.3. The fourth-order valence-electron chi connectivity index (χ4n) is 2.50. The molecule has 0 radical (unpaired) electrons. The van der Waals surface area contributed by atoms with Gasteiger partial charge in [-0.05, 0) is 42.8 Å². The number of carbonyl (C=O) groups is 1. The predicted octanol–water partition coefficient (Wildman–Crippen LogP) is 3.94. The quantitative estimate of drug-likeness (QED) is 0.370. The van der Waals surface area contributed by atoms with E-state index in [0.29, 0.717) is 16.3 Å². The first-order valence-corrected chi connectivity index (χ1v) is 8.67. The number of nitriles is 1. The third kappa shape index (κ3) is 4.42. The lowest BCUT2D eigenvalue weighted by Gasteiger charge is -2.09. The summed E-state index contributed by atoms with van der Waals surface area (Å²) in [5.74, 6) is -0.397. The molecule has 142 valence electrons. The number of aryl methyl sites for hydroxylation is 1. The van der Waals surface area contributed by atoms with E-state index in [1.807, 2.05) is 18.2 Å². The van der Waals surface area contributed by atoms with E-state index in [2.05, 4.69) is 9.97 Å². The van der Waals surface area contributed by atoms with Gasteiger partial charge >= 0.3 is 5.97 Å². The van der Waals surface area contributed by atoms with E-state index in [0.717, 1.165) is 11.1 Å². The van der Waals surface area contributed by atoms with Gasteiger partial charge in [-0.1, -0.05) is 23.7 Å². The standard InChI is InChI=1S/C20H16ClN3O4/c1-12-8-13(21)6-7-18(12)27-11-19(26)28-10-17(25)14(9-22)20-23-15-4-2-3-5-16(15)24-20/h2-8,25H,10-11H2,1H3,(H,23,24)/b17-14-. The van der Waals surface area contributed by atoms with Gasteiger partial charge in [-0.25, -0.2) is 9.78 Å². The smallest absolute Gasteiger partial charge is 0.344 e. The third-order valence-corrected chi connectivity index (χ3v) is 4.11. The van der Waals surface area contributed by atoms with Crippen LogP contribution in [-0.4, -0.2) is 34.3 Å². The number of imidazole rings is 1. The molecule has 0 unspecified atom stereocenters.